The first-order valence-electron chi connectivity index (χ1n) is 13.1. The molecule has 3 nitrogen and oxygen atoms in total. The molecule has 0 atom stereocenters. The van der Waals surface area contributed by atoms with Gasteiger partial charge in [-0.25, -0.2) is 9.97 Å². The Morgan fingerprint density at radius 1 is 0.436 bits per heavy atom. The molecule has 0 bridgehead atoms. The van der Waals surface area contributed by atoms with Crippen LogP contribution in [0.15, 0.2) is 138 Å². The summed E-state index contributed by atoms with van der Waals surface area (Å²) in [7, 11) is 0. The molecule has 0 spiro atoms. The lowest BCUT2D eigenvalue weighted by atomic mass is 9.97. The molecular formula is C36H22N2O. The zero-order valence-corrected chi connectivity index (χ0v) is 21.0. The molecule has 0 fully saturated rings. The molecule has 182 valence electrons. The minimum Gasteiger partial charge on any atom is -0.456 e. The molecule has 0 aliphatic carbocycles. The standard InChI is InChI=1S/C36H22N2O/c1-2-8-25(9-3-1)35-28-10-4-6-12-31(28)37-36(38-35)26-17-14-23(15-18-26)27-19-16-24-20-21-33-34(30(24)22-27)29-11-5-7-13-32(29)39-33/h1-22H. The van der Waals surface area contributed by atoms with Gasteiger partial charge in [0.1, 0.15) is 11.2 Å². The van der Waals surface area contributed by atoms with E-state index in [9.17, 15) is 0 Å². The SMILES string of the molecule is c1ccc(-c2nc(-c3ccc(-c4ccc5ccc6oc7ccccc7c6c5c4)cc3)nc3ccccc23)cc1. The summed E-state index contributed by atoms with van der Waals surface area (Å²) in [5, 5.41) is 5.77. The van der Waals surface area contributed by atoms with Gasteiger partial charge in [-0.15, -0.1) is 0 Å². The molecule has 0 saturated heterocycles. The molecule has 3 heteroatoms. The molecule has 8 aromatic rings. The van der Waals surface area contributed by atoms with E-state index in [-0.39, 0.29) is 0 Å². The summed E-state index contributed by atoms with van der Waals surface area (Å²) in [4.78, 5) is 9.93. The molecule has 0 aliphatic rings. The fraction of sp³-hybridized carbons (Fsp3) is 0. The Morgan fingerprint density at radius 3 is 2.00 bits per heavy atom. The van der Waals surface area contributed by atoms with Crippen LogP contribution in [0.5, 0.6) is 0 Å². The summed E-state index contributed by atoms with van der Waals surface area (Å²) in [6, 6.07) is 46.2. The maximum Gasteiger partial charge on any atom is 0.160 e. The van der Waals surface area contributed by atoms with Gasteiger partial charge in [0, 0.05) is 27.3 Å². The lowest BCUT2D eigenvalue weighted by molar-refractivity contribution is 0.669. The Labute approximate surface area is 225 Å². The van der Waals surface area contributed by atoms with Gasteiger partial charge in [-0.1, -0.05) is 109 Å². The Bertz CT molecular complexity index is 2160. The predicted molar refractivity (Wildman–Crippen MR) is 161 cm³/mol. The monoisotopic (exact) mass is 498 g/mol. The third-order valence-corrected chi connectivity index (χ3v) is 7.49. The molecule has 0 saturated carbocycles. The van der Waals surface area contributed by atoms with Gasteiger partial charge >= 0.3 is 0 Å². The molecule has 0 aliphatic heterocycles. The second kappa shape index (κ2) is 8.64. The van der Waals surface area contributed by atoms with Crippen molar-refractivity contribution in [3.8, 4) is 33.8 Å². The van der Waals surface area contributed by atoms with E-state index in [1.807, 2.05) is 42.5 Å². The fourth-order valence-electron chi connectivity index (χ4n) is 5.56. The Morgan fingerprint density at radius 2 is 1.13 bits per heavy atom. The van der Waals surface area contributed by atoms with Crippen LogP contribution in [0.3, 0.4) is 0 Å². The number of aromatic nitrogens is 2. The lowest BCUT2D eigenvalue weighted by Gasteiger charge is -2.10. The van der Waals surface area contributed by atoms with E-state index in [1.165, 1.54) is 16.2 Å². The molecular weight excluding hydrogens is 476 g/mol. The van der Waals surface area contributed by atoms with Crippen LogP contribution in [0.25, 0.3) is 77.4 Å². The van der Waals surface area contributed by atoms with Crippen molar-refractivity contribution in [1.29, 1.82) is 0 Å². The van der Waals surface area contributed by atoms with Crippen molar-refractivity contribution in [2.24, 2.45) is 0 Å². The highest BCUT2D eigenvalue weighted by molar-refractivity contribution is 6.19. The van der Waals surface area contributed by atoms with Gasteiger partial charge in [-0.3, -0.25) is 0 Å². The van der Waals surface area contributed by atoms with Gasteiger partial charge in [-0.05, 0) is 46.2 Å². The van der Waals surface area contributed by atoms with E-state index < -0.39 is 0 Å². The van der Waals surface area contributed by atoms with Crippen LogP contribution in [0, 0.1) is 0 Å². The summed E-state index contributed by atoms with van der Waals surface area (Å²) in [5.74, 6) is 0.726. The van der Waals surface area contributed by atoms with Crippen LogP contribution >= 0.6 is 0 Å². The van der Waals surface area contributed by atoms with Gasteiger partial charge in [0.15, 0.2) is 5.82 Å². The van der Waals surface area contributed by atoms with Crippen LogP contribution in [-0.2, 0) is 0 Å². The second-order valence-corrected chi connectivity index (χ2v) is 9.83. The van der Waals surface area contributed by atoms with E-state index >= 15 is 0 Å². The second-order valence-electron chi connectivity index (χ2n) is 9.83. The minimum absolute atomic E-state index is 0.726. The van der Waals surface area contributed by atoms with Crippen molar-refractivity contribution in [1.82, 2.24) is 9.97 Å². The third kappa shape index (κ3) is 3.59. The first-order chi connectivity index (χ1) is 19.3. The molecule has 0 radical (unpaired) electrons. The topological polar surface area (TPSA) is 38.9 Å². The first kappa shape index (κ1) is 21.8. The summed E-state index contributed by atoms with van der Waals surface area (Å²) < 4.78 is 6.13. The van der Waals surface area contributed by atoms with Crippen molar-refractivity contribution in [2.45, 2.75) is 0 Å². The van der Waals surface area contributed by atoms with Gasteiger partial charge in [0.05, 0.1) is 11.2 Å². The molecule has 39 heavy (non-hydrogen) atoms. The highest BCUT2D eigenvalue weighted by Crippen LogP contribution is 2.37. The lowest BCUT2D eigenvalue weighted by Crippen LogP contribution is -1.95. The fourth-order valence-corrected chi connectivity index (χ4v) is 5.56. The van der Waals surface area contributed by atoms with Gasteiger partial charge in [-0.2, -0.15) is 0 Å². The average Bonchev–Trinajstić information content (AvgIpc) is 3.40. The van der Waals surface area contributed by atoms with Crippen molar-refractivity contribution < 1.29 is 4.42 Å². The summed E-state index contributed by atoms with van der Waals surface area (Å²) in [6.45, 7) is 0. The maximum atomic E-state index is 6.13. The molecule has 6 aromatic carbocycles. The molecule has 0 unspecified atom stereocenters. The Hall–Kier alpha value is -5.28. The molecule has 0 N–H and O–H groups in total. The van der Waals surface area contributed by atoms with Crippen LogP contribution in [-0.4, -0.2) is 9.97 Å². The van der Waals surface area contributed by atoms with E-state index in [0.29, 0.717) is 0 Å². The number of fused-ring (bicyclic) bond motifs is 6. The molecule has 8 rings (SSSR count). The zero-order valence-electron chi connectivity index (χ0n) is 21.0. The van der Waals surface area contributed by atoms with Crippen LogP contribution in [0.4, 0.5) is 0 Å². The molecule has 2 aromatic heterocycles. The maximum absolute atomic E-state index is 6.13. The summed E-state index contributed by atoms with van der Waals surface area (Å²) >= 11 is 0. The number of nitrogens with zero attached hydrogens (tertiary/aromatic N) is 2. The summed E-state index contributed by atoms with van der Waals surface area (Å²) in [5.41, 5.74) is 8.11. The van der Waals surface area contributed by atoms with Crippen molar-refractivity contribution in [2.75, 3.05) is 0 Å². The van der Waals surface area contributed by atoms with Crippen LogP contribution in [0.2, 0.25) is 0 Å². The van der Waals surface area contributed by atoms with Gasteiger partial charge < -0.3 is 4.42 Å². The van der Waals surface area contributed by atoms with Crippen LogP contribution < -0.4 is 0 Å². The van der Waals surface area contributed by atoms with E-state index in [1.54, 1.807) is 0 Å². The Kier molecular flexibility index (Phi) is 4.82. The number of rotatable bonds is 3. The van der Waals surface area contributed by atoms with Crippen molar-refractivity contribution in [3.05, 3.63) is 133 Å². The Balaban J connectivity index is 1.24. The smallest absolute Gasteiger partial charge is 0.160 e. The highest BCUT2D eigenvalue weighted by Gasteiger charge is 2.13. The summed E-state index contributed by atoms with van der Waals surface area (Å²) in [6.07, 6.45) is 0. The largest absolute Gasteiger partial charge is 0.456 e. The number of benzene rings is 6. The zero-order chi connectivity index (χ0) is 25.8. The number of hydrogen-bond acceptors (Lipinski definition) is 3. The van der Waals surface area contributed by atoms with Crippen molar-refractivity contribution in [3.63, 3.8) is 0 Å². The first-order valence-corrected chi connectivity index (χ1v) is 13.1. The number of hydrogen-bond donors (Lipinski definition) is 0. The number of furan rings is 1. The van der Waals surface area contributed by atoms with Gasteiger partial charge in [0.2, 0.25) is 0 Å². The van der Waals surface area contributed by atoms with Gasteiger partial charge in [0.25, 0.3) is 0 Å². The normalized spacial score (nSPS) is 11.6. The number of para-hydroxylation sites is 2. The quantitative estimate of drug-likeness (QED) is 0.243. The van der Waals surface area contributed by atoms with E-state index in [4.69, 9.17) is 14.4 Å². The minimum atomic E-state index is 0.726. The third-order valence-electron chi connectivity index (χ3n) is 7.49. The van der Waals surface area contributed by atoms with Crippen LogP contribution in [0.1, 0.15) is 0 Å². The van der Waals surface area contributed by atoms with Crippen molar-refractivity contribution >= 4 is 43.6 Å². The van der Waals surface area contributed by atoms with E-state index in [2.05, 4.69) is 91.0 Å². The predicted octanol–water partition coefficient (Wildman–Crippen LogP) is 9.68. The molecule has 0 amide bonds. The average molecular weight is 499 g/mol. The van der Waals surface area contributed by atoms with E-state index in [0.717, 1.165) is 61.2 Å². The highest BCUT2D eigenvalue weighted by atomic mass is 16.3. The molecule has 2 heterocycles.